The second-order valence-electron chi connectivity index (χ2n) is 4.47. The van der Waals surface area contributed by atoms with E-state index in [0.717, 1.165) is 25.3 Å². The van der Waals surface area contributed by atoms with Gasteiger partial charge in [0.2, 0.25) is 0 Å². The van der Waals surface area contributed by atoms with Crippen molar-refractivity contribution < 1.29 is 14.3 Å². The Morgan fingerprint density at radius 1 is 1.56 bits per heavy atom. The molecule has 4 nitrogen and oxygen atoms in total. The Kier molecular flexibility index (Phi) is 3.98. The number of ether oxygens (including phenoxy) is 1. The molecule has 0 aromatic carbocycles. The fraction of sp³-hybridized carbons (Fsp3) is 0.667. The van der Waals surface area contributed by atoms with Crippen molar-refractivity contribution in [2.24, 2.45) is 5.92 Å². The summed E-state index contributed by atoms with van der Waals surface area (Å²) in [5, 5.41) is 9.81. The van der Waals surface area contributed by atoms with Gasteiger partial charge in [-0.25, -0.2) is 0 Å². The minimum Gasteiger partial charge on any atom is -0.468 e. The lowest BCUT2D eigenvalue weighted by molar-refractivity contribution is -0.0454. The highest BCUT2D eigenvalue weighted by Gasteiger charge is 2.24. The van der Waals surface area contributed by atoms with Gasteiger partial charge in [0.05, 0.1) is 25.5 Å². The third-order valence-electron chi connectivity index (χ3n) is 2.99. The minimum atomic E-state index is -0.229. The molecule has 1 saturated heterocycles. The maximum atomic E-state index is 9.81. The molecule has 2 unspecified atom stereocenters. The summed E-state index contributed by atoms with van der Waals surface area (Å²) in [5.74, 6) is 1.17. The van der Waals surface area contributed by atoms with Gasteiger partial charge in [-0.1, -0.05) is 0 Å². The predicted molar refractivity (Wildman–Crippen MR) is 60.0 cm³/mol. The van der Waals surface area contributed by atoms with Crippen LogP contribution in [0.1, 0.15) is 12.2 Å². The standard InChI is InChI=1S/C12H19NO3/c1-13(8-11-3-2-5-16-11)7-10-9-15-6-4-12(10)14/h2-3,5,10,12,14H,4,6-9H2,1H3. The summed E-state index contributed by atoms with van der Waals surface area (Å²) >= 11 is 0. The van der Waals surface area contributed by atoms with Crippen LogP contribution in [0.3, 0.4) is 0 Å². The summed E-state index contributed by atoms with van der Waals surface area (Å²) in [4.78, 5) is 2.15. The van der Waals surface area contributed by atoms with E-state index in [1.54, 1.807) is 6.26 Å². The zero-order chi connectivity index (χ0) is 11.4. The Morgan fingerprint density at radius 2 is 2.44 bits per heavy atom. The van der Waals surface area contributed by atoms with E-state index in [1.165, 1.54) is 0 Å². The number of nitrogens with zero attached hydrogens (tertiary/aromatic N) is 1. The lowest BCUT2D eigenvalue weighted by Gasteiger charge is -2.30. The van der Waals surface area contributed by atoms with Gasteiger partial charge in [0.25, 0.3) is 0 Å². The highest BCUT2D eigenvalue weighted by molar-refractivity contribution is 4.97. The number of hydrogen-bond acceptors (Lipinski definition) is 4. The van der Waals surface area contributed by atoms with E-state index in [4.69, 9.17) is 9.15 Å². The van der Waals surface area contributed by atoms with Gasteiger partial charge >= 0.3 is 0 Å². The number of aliphatic hydroxyl groups is 1. The quantitative estimate of drug-likeness (QED) is 0.833. The van der Waals surface area contributed by atoms with Crippen LogP contribution in [0.5, 0.6) is 0 Å². The molecule has 1 aromatic heterocycles. The Morgan fingerprint density at radius 3 is 3.12 bits per heavy atom. The van der Waals surface area contributed by atoms with Gasteiger partial charge in [-0.05, 0) is 25.6 Å². The van der Waals surface area contributed by atoms with Gasteiger partial charge in [-0.3, -0.25) is 4.90 Å². The highest BCUT2D eigenvalue weighted by Crippen LogP contribution is 2.16. The highest BCUT2D eigenvalue weighted by atomic mass is 16.5. The Balaban J connectivity index is 1.79. The molecule has 4 heteroatoms. The Hall–Kier alpha value is -0.840. The zero-order valence-corrected chi connectivity index (χ0v) is 9.63. The van der Waals surface area contributed by atoms with Crippen molar-refractivity contribution in [3.05, 3.63) is 24.2 Å². The van der Waals surface area contributed by atoms with Crippen molar-refractivity contribution in [3.63, 3.8) is 0 Å². The maximum Gasteiger partial charge on any atom is 0.117 e. The van der Waals surface area contributed by atoms with E-state index in [1.807, 2.05) is 19.2 Å². The first-order valence-corrected chi connectivity index (χ1v) is 5.72. The van der Waals surface area contributed by atoms with Gasteiger partial charge in [0, 0.05) is 19.1 Å². The SMILES string of the molecule is CN(Cc1ccco1)CC1COCCC1O. The van der Waals surface area contributed by atoms with Crippen LogP contribution in [0.25, 0.3) is 0 Å². The molecule has 1 N–H and O–H groups in total. The molecule has 0 amide bonds. The van der Waals surface area contributed by atoms with Crippen LogP contribution in [0.2, 0.25) is 0 Å². The average Bonchev–Trinajstić information content (AvgIpc) is 2.74. The molecule has 0 radical (unpaired) electrons. The molecule has 0 aliphatic carbocycles. The topological polar surface area (TPSA) is 45.8 Å². The molecule has 2 atom stereocenters. The van der Waals surface area contributed by atoms with Crippen LogP contribution in [0.4, 0.5) is 0 Å². The number of aliphatic hydroxyl groups excluding tert-OH is 1. The van der Waals surface area contributed by atoms with Crippen LogP contribution < -0.4 is 0 Å². The molecule has 0 bridgehead atoms. The molecule has 0 saturated carbocycles. The summed E-state index contributed by atoms with van der Waals surface area (Å²) in [6.45, 7) is 2.95. The second-order valence-corrected chi connectivity index (χ2v) is 4.47. The molecule has 2 rings (SSSR count). The summed E-state index contributed by atoms with van der Waals surface area (Å²) in [6, 6.07) is 3.85. The second kappa shape index (κ2) is 5.48. The van der Waals surface area contributed by atoms with Crippen molar-refractivity contribution in [2.45, 2.75) is 19.1 Å². The van der Waals surface area contributed by atoms with E-state index in [0.29, 0.717) is 13.2 Å². The number of furan rings is 1. The van der Waals surface area contributed by atoms with Crippen LogP contribution in [-0.4, -0.2) is 42.9 Å². The van der Waals surface area contributed by atoms with E-state index in [-0.39, 0.29) is 12.0 Å². The van der Waals surface area contributed by atoms with Crippen LogP contribution in [0, 0.1) is 5.92 Å². The molecular weight excluding hydrogens is 206 g/mol. The molecule has 0 spiro atoms. The van der Waals surface area contributed by atoms with Crippen molar-refractivity contribution >= 4 is 0 Å². The normalized spacial score (nSPS) is 26.2. The molecule has 1 fully saturated rings. The van der Waals surface area contributed by atoms with Gasteiger partial charge in [-0.2, -0.15) is 0 Å². The first-order chi connectivity index (χ1) is 7.75. The largest absolute Gasteiger partial charge is 0.468 e. The van der Waals surface area contributed by atoms with E-state index >= 15 is 0 Å². The minimum absolute atomic E-state index is 0.216. The number of rotatable bonds is 4. The first-order valence-electron chi connectivity index (χ1n) is 5.72. The van der Waals surface area contributed by atoms with Crippen molar-refractivity contribution in [1.82, 2.24) is 4.90 Å². The van der Waals surface area contributed by atoms with E-state index in [2.05, 4.69) is 4.90 Å². The summed E-state index contributed by atoms with van der Waals surface area (Å²) < 4.78 is 10.7. The summed E-state index contributed by atoms with van der Waals surface area (Å²) in [7, 11) is 2.03. The smallest absolute Gasteiger partial charge is 0.117 e. The average molecular weight is 225 g/mol. The lowest BCUT2D eigenvalue weighted by atomic mass is 9.98. The molecule has 16 heavy (non-hydrogen) atoms. The Labute approximate surface area is 95.8 Å². The maximum absolute atomic E-state index is 9.81. The monoisotopic (exact) mass is 225 g/mol. The fourth-order valence-corrected chi connectivity index (χ4v) is 2.09. The fourth-order valence-electron chi connectivity index (χ4n) is 2.09. The predicted octanol–water partition coefficient (Wildman–Crippen LogP) is 1.11. The molecule has 1 aromatic rings. The Bertz CT molecular complexity index is 299. The molecule has 1 aliphatic rings. The summed E-state index contributed by atoms with van der Waals surface area (Å²) in [6.07, 6.45) is 2.20. The van der Waals surface area contributed by atoms with Crippen LogP contribution >= 0.6 is 0 Å². The third-order valence-corrected chi connectivity index (χ3v) is 2.99. The van der Waals surface area contributed by atoms with E-state index in [9.17, 15) is 5.11 Å². The zero-order valence-electron chi connectivity index (χ0n) is 9.63. The molecule has 90 valence electrons. The van der Waals surface area contributed by atoms with Gasteiger partial charge in [-0.15, -0.1) is 0 Å². The number of hydrogen-bond donors (Lipinski definition) is 1. The van der Waals surface area contributed by atoms with Gasteiger partial charge in [0.15, 0.2) is 0 Å². The molecule has 1 aliphatic heterocycles. The third kappa shape index (κ3) is 3.07. The van der Waals surface area contributed by atoms with E-state index < -0.39 is 0 Å². The molecular formula is C12H19NO3. The first kappa shape index (κ1) is 11.6. The van der Waals surface area contributed by atoms with Crippen LogP contribution in [-0.2, 0) is 11.3 Å². The van der Waals surface area contributed by atoms with Crippen molar-refractivity contribution in [2.75, 3.05) is 26.8 Å². The molecule has 2 heterocycles. The van der Waals surface area contributed by atoms with Gasteiger partial charge in [0.1, 0.15) is 5.76 Å². The summed E-state index contributed by atoms with van der Waals surface area (Å²) in [5.41, 5.74) is 0. The van der Waals surface area contributed by atoms with Gasteiger partial charge < -0.3 is 14.3 Å². The van der Waals surface area contributed by atoms with Crippen molar-refractivity contribution in [3.8, 4) is 0 Å². The lowest BCUT2D eigenvalue weighted by Crippen LogP contribution is -2.39. The van der Waals surface area contributed by atoms with Crippen LogP contribution in [0.15, 0.2) is 22.8 Å². The van der Waals surface area contributed by atoms with Crippen molar-refractivity contribution in [1.29, 1.82) is 0 Å².